The van der Waals surface area contributed by atoms with Crippen molar-refractivity contribution in [1.29, 1.82) is 5.26 Å². The molecule has 0 aliphatic heterocycles. The van der Waals surface area contributed by atoms with E-state index in [0.29, 0.717) is 12.1 Å². The summed E-state index contributed by atoms with van der Waals surface area (Å²) in [7, 11) is 0. The molecule has 0 amide bonds. The molecule has 0 spiro atoms. The summed E-state index contributed by atoms with van der Waals surface area (Å²) in [5.74, 6) is 0. The van der Waals surface area contributed by atoms with E-state index in [9.17, 15) is 13.2 Å². The lowest BCUT2D eigenvalue weighted by Crippen LogP contribution is -2.15. The van der Waals surface area contributed by atoms with Crippen molar-refractivity contribution in [3.05, 3.63) is 65.1 Å². The summed E-state index contributed by atoms with van der Waals surface area (Å²) in [5, 5.41) is 13.3. The number of halogens is 3. The van der Waals surface area contributed by atoms with Crippen LogP contribution >= 0.6 is 0 Å². The fourth-order valence-corrected chi connectivity index (χ4v) is 2.95. The van der Waals surface area contributed by atoms with E-state index in [1.807, 2.05) is 18.3 Å². The normalized spacial score (nSPS) is 11.6. The highest BCUT2D eigenvalue weighted by Crippen LogP contribution is 2.27. The van der Waals surface area contributed by atoms with Crippen LogP contribution < -0.4 is 5.32 Å². The molecule has 27 heavy (non-hydrogen) atoms. The van der Waals surface area contributed by atoms with E-state index < -0.39 is 11.9 Å². The second kappa shape index (κ2) is 8.23. The first-order valence-corrected chi connectivity index (χ1v) is 8.70. The van der Waals surface area contributed by atoms with Crippen LogP contribution in [0.5, 0.6) is 0 Å². The van der Waals surface area contributed by atoms with Crippen molar-refractivity contribution < 1.29 is 13.2 Å². The van der Waals surface area contributed by atoms with Gasteiger partial charge in [-0.25, -0.2) is 0 Å². The van der Waals surface area contributed by atoms with Gasteiger partial charge < -0.3 is 10.3 Å². The van der Waals surface area contributed by atoms with Crippen LogP contribution in [-0.4, -0.2) is 16.5 Å². The molecular weight excluding hydrogens is 353 g/mol. The Bertz CT molecular complexity index is 937. The number of aryl methyl sites for hydroxylation is 1. The van der Waals surface area contributed by atoms with E-state index in [0.717, 1.165) is 48.3 Å². The van der Waals surface area contributed by atoms with E-state index in [1.165, 1.54) is 17.8 Å². The van der Waals surface area contributed by atoms with Gasteiger partial charge in [-0.15, -0.1) is 0 Å². The van der Waals surface area contributed by atoms with Crippen LogP contribution in [-0.2, 0) is 19.1 Å². The van der Waals surface area contributed by atoms with Gasteiger partial charge in [0.25, 0.3) is 0 Å². The first-order valence-electron chi connectivity index (χ1n) is 8.70. The summed E-state index contributed by atoms with van der Waals surface area (Å²) in [6.45, 7) is 1.26. The molecule has 3 rings (SSSR count). The number of hydrogen-bond acceptors (Lipinski definition) is 3. The molecule has 0 saturated heterocycles. The summed E-state index contributed by atoms with van der Waals surface area (Å²) in [6, 6.07) is 10.2. The zero-order valence-corrected chi connectivity index (χ0v) is 14.6. The summed E-state index contributed by atoms with van der Waals surface area (Å²) in [5.41, 5.74) is 2.72. The van der Waals surface area contributed by atoms with Crippen molar-refractivity contribution in [2.75, 3.05) is 6.54 Å². The topological polar surface area (TPSA) is 64.5 Å². The third kappa shape index (κ3) is 4.86. The third-order valence-electron chi connectivity index (χ3n) is 4.39. The zero-order valence-electron chi connectivity index (χ0n) is 14.6. The van der Waals surface area contributed by atoms with Crippen LogP contribution in [0.1, 0.15) is 35.2 Å². The number of unbranched alkanes of at least 4 members (excludes halogenated alkanes) is 1. The Morgan fingerprint density at radius 3 is 2.70 bits per heavy atom. The number of H-pyrrole nitrogens is 1. The summed E-state index contributed by atoms with van der Waals surface area (Å²) in [6.07, 6.45) is 1.66. The van der Waals surface area contributed by atoms with Gasteiger partial charge >= 0.3 is 6.18 Å². The number of fused-ring (bicyclic) bond motifs is 1. The Hall–Kier alpha value is -2.85. The highest BCUT2D eigenvalue weighted by molar-refractivity contribution is 5.84. The van der Waals surface area contributed by atoms with E-state index in [1.54, 1.807) is 6.07 Å². The standard InChI is InChI=1S/C20H19F3N4/c21-20(22,23)19-7-5-15(12-27-19)11-25-8-2-1-3-16-13-26-18-6-4-14(10-24)9-17(16)18/h4-7,9,12-13,25-26H,1-3,8,11H2. The highest BCUT2D eigenvalue weighted by Gasteiger charge is 2.31. The maximum absolute atomic E-state index is 12.5. The van der Waals surface area contributed by atoms with Gasteiger partial charge in [-0.2, -0.15) is 18.4 Å². The number of nitrogens with zero attached hydrogens (tertiary/aromatic N) is 2. The number of alkyl halides is 3. The molecule has 3 aromatic rings. The lowest BCUT2D eigenvalue weighted by molar-refractivity contribution is -0.141. The molecule has 0 aliphatic carbocycles. The van der Waals surface area contributed by atoms with Crippen LogP contribution in [0, 0.1) is 11.3 Å². The van der Waals surface area contributed by atoms with Gasteiger partial charge in [0, 0.05) is 29.8 Å². The Labute approximate surface area is 155 Å². The lowest BCUT2D eigenvalue weighted by atomic mass is 10.1. The quantitative estimate of drug-likeness (QED) is 0.597. The van der Waals surface area contributed by atoms with Gasteiger partial charge in [-0.3, -0.25) is 4.98 Å². The molecule has 0 saturated carbocycles. The van der Waals surface area contributed by atoms with Crippen LogP contribution in [0.15, 0.2) is 42.7 Å². The molecule has 0 unspecified atom stereocenters. The van der Waals surface area contributed by atoms with Gasteiger partial charge in [-0.05, 0) is 61.2 Å². The second-order valence-corrected chi connectivity index (χ2v) is 6.37. The maximum atomic E-state index is 12.5. The van der Waals surface area contributed by atoms with Crippen LogP contribution in [0.2, 0.25) is 0 Å². The highest BCUT2D eigenvalue weighted by atomic mass is 19.4. The number of aromatic amines is 1. The Morgan fingerprint density at radius 2 is 2.00 bits per heavy atom. The Balaban J connectivity index is 1.42. The maximum Gasteiger partial charge on any atom is 0.433 e. The third-order valence-corrected chi connectivity index (χ3v) is 4.39. The number of nitrogens with one attached hydrogen (secondary N) is 2. The van der Waals surface area contributed by atoms with E-state index in [4.69, 9.17) is 5.26 Å². The number of hydrogen-bond donors (Lipinski definition) is 2. The minimum atomic E-state index is -4.40. The molecule has 1 aromatic carbocycles. The predicted octanol–water partition coefficient (Wildman–Crippen LogP) is 4.57. The summed E-state index contributed by atoms with van der Waals surface area (Å²) in [4.78, 5) is 6.67. The van der Waals surface area contributed by atoms with Crippen LogP contribution in [0.4, 0.5) is 13.2 Å². The fourth-order valence-electron chi connectivity index (χ4n) is 2.95. The minimum Gasteiger partial charge on any atom is -0.361 e. The molecule has 0 fully saturated rings. The molecule has 0 atom stereocenters. The average molecular weight is 372 g/mol. The van der Waals surface area contributed by atoms with E-state index >= 15 is 0 Å². The van der Waals surface area contributed by atoms with Gasteiger partial charge in [0.05, 0.1) is 11.6 Å². The monoisotopic (exact) mass is 372 g/mol. The van der Waals surface area contributed by atoms with Crippen molar-refractivity contribution in [3.8, 4) is 6.07 Å². The van der Waals surface area contributed by atoms with Gasteiger partial charge in [0.15, 0.2) is 0 Å². The van der Waals surface area contributed by atoms with Crippen molar-refractivity contribution >= 4 is 10.9 Å². The zero-order chi connectivity index (χ0) is 19.3. The van der Waals surface area contributed by atoms with E-state index in [2.05, 4.69) is 21.4 Å². The number of nitriles is 1. The first-order chi connectivity index (χ1) is 13.0. The van der Waals surface area contributed by atoms with E-state index in [-0.39, 0.29) is 0 Å². The molecule has 0 aliphatic rings. The van der Waals surface area contributed by atoms with Gasteiger partial charge in [0.2, 0.25) is 0 Å². The predicted molar refractivity (Wildman–Crippen MR) is 96.9 cm³/mol. The second-order valence-electron chi connectivity index (χ2n) is 6.37. The summed E-state index contributed by atoms with van der Waals surface area (Å²) >= 11 is 0. The molecule has 2 N–H and O–H groups in total. The largest absolute Gasteiger partial charge is 0.433 e. The van der Waals surface area contributed by atoms with Crippen molar-refractivity contribution in [2.45, 2.75) is 32.0 Å². The first kappa shape index (κ1) is 18.9. The number of rotatable bonds is 7. The van der Waals surface area contributed by atoms with Crippen molar-refractivity contribution in [3.63, 3.8) is 0 Å². The number of benzene rings is 1. The van der Waals surface area contributed by atoms with Gasteiger partial charge in [0.1, 0.15) is 5.69 Å². The molecule has 4 nitrogen and oxygen atoms in total. The molecule has 2 aromatic heterocycles. The minimum absolute atomic E-state index is 0.490. The SMILES string of the molecule is N#Cc1ccc2[nH]cc(CCCCNCc3ccc(C(F)(F)F)nc3)c2c1. The van der Waals surface area contributed by atoms with Crippen LogP contribution in [0.3, 0.4) is 0 Å². The smallest absolute Gasteiger partial charge is 0.361 e. The van der Waals surface area contributed by atoms with Crippen LogP contribution in [0.25, 0.3) is 10.9 Å². The summed E-state index contributed by atoms with van der Waals surface area (Å²) < 4.78 is 37.4. The molecule has 2 heterocycles. The Morgan fingerprint density at radius 1 is 1.15 bits per heavy atom. The molecule has 0 radical (unpaired) electrons. The van der Waals surface area contributed by atoms with Crippen molar-refractivity contribution in [1.82, 2.24) is 15.3 Å². The number of aromatic nitrogens is 2. The molecule has 140 valence electrons. The molecule has 7 heteroatoms. The van der Waals surface area contributed by atoms with Crippen molar-refractivity contribution in [2.24, 2.45) is 0 Å². The van der Waals surface area contributed by atoms with Gasteiger partial charge in [-0.1, -0.05) is 6.07 Å². The Kier molecular flexibility index (Phi) is 5.77. The molecule has 0 bridgehead atoms. The fraction of sp³-hybridized carbons (Fsp3) is 0.300. The molecular formula is C20H19F3N4. The average Bonchev–Trinajstić information content (AvgIpc) is 3.06. The number of pyridine rings is 1. The lowest BCUT2D eigenvalue weighted by Gasteiger charge is -2.07.